The average Bonchev–Trinajstić information content (AvgIpc) is 2.41. The highest BCUT2D eigenvalue weighted by Gasteiger charge is 2.12. The van der Waals surface area contributed by atoms with Crippen LogP contribution in [0.2, 0.25) is 0 Å². The molecule has 0 bridgehead atoms. The van der Waals surface area contributed by atoms with E-state index < -0.39 is 6.10 Å². The molecule has 5 nitrogen and oxygen atoms in total. The molecule has 0 aliphatic rings. The normalized spacial score (nSPS) is 14.3. The number of aromatic hydroxyl groups is 1. The van der Waals surface area contributed by atoms with E-state index in [2.05, 4.69) is 10.3 Å². The third-order valence-corrected chi connectivity index (χ3v) is 2.96. The molecule has 1 aromatic rings. The molecule has 0 aliphatic carbocycles. The average molecular weight is 264 g/mol. The van der Waals surface area contributed by atoms with E-state index in [0.29, 0.717) is 5.56 Å². The van der Waals surface area contributed by atoms with Gasteiger partial charge in [0.05, 0.1) is 12.3 Å². The summed E-state index contributed by atoms with van der Waals surface area (Å²) in [4.78, 5) is 15.3. The second kappa shape index (κ2) is 7.53. The number of carbonyl (C=O) groups is 1. The van der Waals surface area contributed by atoms with Crippen molar-refractivity contribution in [3.8, 4) is 5.75 Å². The van der Waals surface area contributed by atoms with Crippen molar-refractivity contribution in [2.24, 2.45) is 5.92 Å². The Balaban J connectivity index is 2.43. The van der Waals surface area contributed by atoms with Crippen LogP contribution in [0.15, 0.2) is 24.5 Å². The molecule has 0 aliphatic heterocycles. The number of aromatic nitrogens is 1. The molecule has 19 heavy (non-hydrogen) atoms. The van der Waals surface area contributed by atoms with Gasteiger partial charge in [-0.1, -0.05) is 20.3 Å². The number of carbonyl (C=O) groups excluding carboxylic acids is 1. The minimum absolute atomic E-state index is 0.0507. The molecular formula is C14H20N2O3. The first-order valence-corrected chi connectivity index (χ1v) is 6.31. The molecule has 0 fully saturated rings. The zero-order chi connectivity index (χ0) is 14.3. The third kappa shape index (κ3) is 5.52. The van der Waals surface area contributed by atoms with Crippen LogP contribution in [0.3, 0.4) is 0 Å². The van der Waals surface area contributed by atoms with Crippen LogP contribution in [0.5, 0.6) is 5.75 Å². The van der Waals surface area contributed by atoms with Gasteiger partial charge in [0, 0.05) is 18.8 Å². The summed E-state index contributed by atoms with van der Waals surface area (Å²) < 4.78 is 0. The van der Waals surface area contributed by atoms with Gasteiger partial charge in [0.25, 0.3) is 0 Å². The largest absolute Gasteiger partial charge is 0.506 e. The molecule has 5 heteroatoms. The van der Waals surface area contributed by atoms with Gasteiger partial charge in [-0.25, -0.2) is 0 Å². The van der Waals surface area contributed by atoms with Crippen LogP contribution in [0.25, 0.3) is 6.08 Å². The van der Waals surface area contributed by atoms with Crippen molar-refractivity contribution in [3.63, 3.8) is 0 Å². The van der Waals surface area contributed by atoms with Crippen molar-refractivity contribution in [3.05, 3.63) is 30.1 Å². The van der Waals surface area contributed by atoms with Crippen LogP contribution in [0, 0.1) is 5.92 Å². The van der Waals surface area contributed by atoms with Crippen LogP contribution in [0.1, 0.15) is 25.8 Å². The highest BCUT2D eigenvalue weighted by atomic mass is 16.3. The predicted molar refractivity (Wildman–Crippen MR) is 73.4 cm³/mol. The molecule has 2 atom stereocenters. The van der Waals surface area contributed by atoms with Crippen LogP contribution < -0.4 is 5.32 Å². The number of pyridine rings is 1. The van der Waals surface area contributed by atoms with Crippen molar-refractivity contribution in [1.29, 1.82) is 0 Å². The number of rotatable bonds is 6. The Hall–Kier alpha value is -1.88. The van der Waals surface area contributed by atoms with Gasteiger partial charge in [-0.2, -0.15) is 0 Å². The lowest BCUT2D eigenvalue weighted by Gasteiger charge is -2.16. The van der Waals surface area contributed by atoms with E-state index in [9.17, 15) is 15.0 Å². The first-order chi connectivity index (χ1) is 9.02. The molecule has 1 amide bonds. The van der Waals surface area contributed by atoms with Crippen LogP contribution in [-0.2, 0) is 4.79 Å². The zero-order valence-electron chi connectivity index (χ0n) is 11.2. The van der Waals surface area contributed by atoms with Crippen molar-refractivity contribution in [2.75, 3.05) is 6.54 Å². The van der Waals surface area contributed by atoms with Gasteiger partial charge < -0.3 is 15.5 Å². The Morgan fingerprint density at radius 1 is 1.53 bits per heavy atom. The van der Waals surface area contributed by atoms with Gasteiger partial charge in [-0.15, -0.1) is 0 Å². The second-order valence-corrected chi connectivity index (χ2v) is 4.51. The zero-order valence-corrected chi connectivity index (χ0v) is 11.2. The quantitative estimate of drug-likeness (QED) is 0.677. The van der Waals surface area contributed by atoms with Gasteiger partial charge in [-0.05, 0) is 23.6 Å². The number of aliphatic hydroxyl groups is 1. The summed E-state index contributed by atoms with van der Waals surface area (Å²) in [7, 11) is 0. The summed E-state index contributed by atoms with van der Waals surface area (Å²) in [5.74, 6) is -0.0833. The minimum Gasteiger partial charge on any atom is -0.506 e. The molecule has 0 radical (unpaired) electrons. The maximum absolute atomic E-state index is 11.5. The van der Waals surface area contributed by atoms with E-state index in [4.69, 9.17) is 0 Å². The van der Waals surface area contributed by atoms with E-state index in [1.807, 2.05) is 13.8 Å². The van der Waals surface area contributed by atoms with E-state index in [0.717, 1.165) is 6.42 Å². The molecule has 0 saturated heterocycles. The Morgan fingerprint density at radius 3 is 2.89 bits per heavy atom. The first-order valence-electron chi connectivity index (χ1n) is 6.31. The Morgan fingerprint density at radius 2 is 2.26 bits per heavy atom. The Bertz CT molecular complexity index is 446. The standard InChI is InChI=1S/C14H20N2O3/c1-3-10(2)13(18)9-16-14(19)5-4-11-6-12(17)8-15-7-11/h4-8,10,13,17-18H,3,9H2,1-2H3,(H,16,19)/b5-4+. The van der Waals surface area contributed by atoms with Gasteiger partial charge in [-0.3, -0.25) is 9.78 Å². The lowest BCUT2D eigenvalue weighted by Crippen LogP contribution is -2.34. The number of nitrogens with one attached hydrogen (secondary N) is 1. The number of hydrogen-bond acceptors (Lipinski definition) is 4. The topological polar surface area (TPSA) is 82.5 Å². The van der Waals surface area contributed by atoms with Crippen molar-refractivity contribution in [2.45, 2.75) is 26.4 Å². The molecule has 3 N–H and O–H groups in total. The van der Waals surface area contributed by atoms with Crippen LogP contribution >= 0.6 is 0 Å². The van der Waals surface area contributed by atoms with Crippen molar-refractivity contribution >= 4 is 12.0 Å². The Labute approximate surface area is 113 Å². The summed E-state index contributed by atoms with van der Waals surface area (Å²) in [5, 5.41) is 21.5. The van der Waals surface area contributed by atoms with E-state index >= 15 is 0 Å². The fourth-order valence-corrected chi connectivity index (χ4v) is 1.45. The number of nitrogens with zero attached hydrogens (tertiary/aromatic N) is 1. The third-order valence-electron chi connectivity index (χ3n) is 2.96. The maximum atomic E-state index is 11.5. The molecular weight excluding hydrogens is 244 g/mol. The summed E-state index contributed by atoms with van der Waals surface area (Å²) in [5.41, 5.74) is 0.637. The van der Waals surface area contributed by atoms with Crippen molar-refractivity contribution < 1.29 is 15.0 Å². The van der Waals surface area contributed by atoms with Crippen LogP contribution in [-0.4, -0.2) is 33.8 Å². The summed E-state index contributed by atoms with van der Waals surface area (Å²) in [6.07, 6.45) is 6.08. The van der Waals surface area contributed by atoms with Gasteiger partial charge >= 0.3 is 0 Å². The fraction of sp³-hybridized carbons (Fsp3) is 0.429. The monoisotopic (exact) mass is 264 g/mol. The summed E-state index contributed by atoms with van der Waals surface area (Å²) in [6, 6.07) is 1.50. The highest BCUT2D eigenvalue weighted by molar-refractivity contribution is 5.91. The molecule has 0 spiro atoms. The summed E-state index contributed by atoms with van der Waals surface area (Å²) in [6.45, 7) is 4.16. The number of amides is 1. The summed E-state index contributed by atoms with van der Waals surface area (Å²) >= 11 is 0. The molecule has 104 valence electrons. The fourth-order valence-electron chi connectivity index (χ4n) is 1.45. The minimum atomic E-state index is -0.537. The van der Waals surface area contributed by atoms with E-state index in [1.165, 1.54) is 24.5 Å². The second-order valence-electron chi connectivity index (χ2n) is 4.51. The van der Waals surface area contributed by atoms with Crippen LogP contribution in [0.4, 0.5) is 0 Å². The van der Waals surface area contributed by atoms with Gasteiger partial charge in [0.1, 0.15) is 5.75 Å². The smallest absolute Gasteiger partial charge is 0.244 e. The lowest BCUT2D eigenvalue weighted by molar-refractivity contribution is -0.117. The molecule has 1 rings (SSSR count). The first kappa shape index (κ1) is 15.2. The van der Waals surface area contributed by atoms with E-state index in [-0.39, 0.29) is 24.1 Å². The molecule has 2 unspecified atom stereocenters. The molecule has 1 aromatic heterocycles. The van der Waals surface area contributed by atoms with E-state index in [1.54, 1.807) is 6.08 Å². The maximum Gasteiger partial charge on any atom is 0.244 e. The molecule has 0 aromatic carbocycles. The predicted octanol–water partition coefficient (Wildman–Crippen LogP) is 1.32. The number of aliphatic hydroxyl groups excluding tert-OH is 1. The van der Waals surface area contributed by atoms with Gasteiger partial charge in [0.15, 0.2) is 0 Å². The molecule has 0 saturated carbocycles. The van der Waals surface area contributed by atoms with Crippen molar-refractivity contribution in [1.82, 2.24) is 10.3 Å². The van der Waals surface area contributed by atoms with Gasteiger partial charge in [0.2, 0.25) is 5.91 Å². The Kier molecular flexibility index (Phi) is 6.02. The SMILES string of the molecule is CCC(C)C(O)CNC(=O)/C=C/c1cncc(O)c1. The molecule has 1 heterocycles. The highest BCUT2D eigenvalue weighted by Crippen LogP contribution is 2.09. The lowest BCUT2D eigenvalue weighted by atomic mass is 10.0. The number of hydrogen-bond donors (Lipinski definition) is 3.